The molecule has 0 N–H and O–H groups in total. The molecule has 0 spiro atoms. The molecule has 0 aromatic heterocycles. The number of carbonyl (C=O) groups excluding carboxylic acids is 1. The number of hydrogen-bond donors (Lipinski definition) is 0. The minimum atomic E-state index is -0.378. The zero-order valence-electron chi connectivity index (χ0n) is 10.9. The van der Waals surface area contributed by atoms with Gasteiger partial charge in [-0.1, -0.05) is 41.9 Å². The van der Waals surface area contributed by atoms with E-state index in [1.54, 1.807) is 0 Å². The zero-order chi connectivity index (χ0) is 14.2. The van der Waals surface area contributed by atoms with Crippen LogP contribution in [-0.2, 0) is 16.6 Å². The smallest absolute Gasteiger partial charge is 0.147 e. The topological polar surface area (TPSA) is 17.1 Å². The van der Waals surface area contributed by atoms with E-state index >= 15 is 0 Å². The number of halogens is 2. The van der Waals surface area contributed by atoms with Crippen molar-refractivity contribution < 1.29 is 9.18 Å². The Bertz CT molecular complexity index is 647. The summed E-state index contributed by atoms with van der Waals surface area (Å²) in [4.78, 5) is 12.6. The molecule has 102 valence electrons. The Kier molecular flexibility index (Phi) is 3.35. The van der Waals surface area contributed by atoms with Crippen LogP contribution in [0.4, 0.5) is 4.39 Å². The summed E-state index contributed by atoms with van der Waals surface area (Å²) >= 11 is 6.04. The van der Waals surface area contributed by atoms with Crippen LogP contribution in [0.2, 0.25) is 5.02 Å². The molecule has 1 saturated carbocycles. The summed E-state index contributed by atoms with van der Waals surface area (Å²) in [5.41, 5.74) is 1.24. The van der Waals surface area contributed by atoms with Gasteiger partial charge in [-0.3, -0.25) is 4.79 Å². The minimum Gasteiger partial charge on any atom is -0.298 e. The standard InChI is InChI=1S/C17H14ClFO/c18-15-7-6-14(19)10-12(15)11-16(20)17(8-9-17)13-4-2-1-3-5-13/h1-7,10H,8-9,11H2. The number of rotatable bonds is 4. The maximum absolute atomic E-state index is 13.3. The Labute approximate surface area is 122 Å². The predicted molar refractivity (Wildman–Crippen MR) is 77.5 cm³/mol. The third-order valence-electron chi connectivity index (χ3n) is 3.97. The van der Waals surface area contributed by atoms with Crippen molar-refractivity contribution in [2.45, 2.75) is 24.7 Å². The number of Topliss-reactive ketones (excluding diaryl/α,β-unsaturated/α-hetero) is 1. The van der Waals surface area contributed by atoms with Gasteiger partial charge in [-0.05, 0) is 42.2 Å². The third kappa shape index (κ3) is 2.36. The number of benzene rings is 2. The number of carbonyl (C=O) groups is 1. The molecule has 3 rings (SSSR count). The molecule has 0 aliphatic heterocycles. The van der Waals surface area contributed by atoms with E-state index in [1.165, 1.54) is 18.2 Å². The molecule has 0 saturated heterocycles. The molecule has 1 nitrogen and oxygen atoms in total. The molecule has 1 aliphatic carbocycles. The largest absolute Gasteiger partial charge is 0.298 e. The first kappa shape index (κ1) is 13.3. The Morgan fingerprint density at radius 1 is 1.15 bits per heavy atom. The normalized spacial score (nSPS) is 15.9. The molecular weight excluding hydrogens is 275 g/mol. The minimum absolute atomic E-state index is 0.121. The maximum atomic E-state index is 13.3. The highest BCUT2D eigenvalue weighted by Crippen LogP contribution is 2.49. The van der Waals surface area contributed by atoms with Gasteiger partial charge in [-0.2, -0.15) is 0 Å². The van der Waals surface area contributed by atoms with Gasteiger partial charge in [0.15, 0.2) is 0 Å². The number of hydrogen-bond acceptors (Lipinski definition) is 1. The fourth-order valence-corrected chi connectivity index (χ4v) is 2.82. The lowest BCUT2D eigenvalue weighted by atomic mass is 9.88. The summed E-state index contributed by atoms with van der Waals surface area (Å²) in [5, 5.41) is 0.448. The van der Waals surface area contributed by atoms with Crippen molar-refractivity contribution >= 4 is 17.4 Å². The van der Waals surface area contributed by atoms with Crippen LogP contribution in [0, 0.1) is 5.82 Å². The van der Waals surface area contributed by atoms with Crippen LogP contribution >= 0.6 is 11.6 Å². The van der Waals surface area contributed by atoms with Crippen LogP contribution in [0.1, 0.15) is 24.0 Å². The molecule has 1 fully saturated rings. The van der Waals surface area contributed by atoms with Crippen molar-refractivity contribution in [1.29, 1.82) is 0 Å². The van der Waals surface area contributed by atoms with Gasteiger partial charge < -0.3 is 0 Å². The van der Waals surface area contributed by atoms with Crippen LogP contribution < -0.4 is 0 Å². The summed E-state index contributed by atoms with van der Waals surface area (Å²) in [5.74, 6) is -0.238. The lowest BCUT2D eigenvalue weighted by Gasteiger charge is -2.15. The van der Waals surface area contributed by atoms with Crippen molar-refractivity contribution in [3.8, 4) is 0 Å². The summed E-state index contributed by atoms with van der Waals surface area (Å²) in [6.07, 6.45) is 1.91. The number of ketones is 1. The van der Waals surface area contributed by atoms with Gasteiger partial charge in [0, 0.05) is 11.4 Å². The van der Waals surface area contributed by atoms with Crippen LogP contribution in [-0.4, -0.2) is 5.78 Å². The van der Waals surface area contributed by atoms with E-state index in [2.05, 4.69) is 0 Å². The quantitative estimate of drug-likeness (QED) is 0.819. The van der Waals surface area contributed by atoms with E-state index in [9.17, 15) is 9.18 Å². The molecule has 0 bridgehead atoms. The van der Waals surface area contributed by atoms with E-state index in [1.807, 2.05) is 30.3 Å². The highest BCUT2D eigenvalue weighted by atomic mass is 35.5. The summed E-state index contributed by atoms with van der Waals surface area (Å²) < 4.78 is 13.3. The molecule has 1 aliphatic rings. The van der Waals surface area contributed by atoms with E-state index in [4.69, 9.17) is 11.6 Å². The monoisotopic (exact) mass is 288 g/mol. The lowest BCUT2D eigenvalue weighted by Crippen LogP contribution is -2.22. The van der Waals surface area contributed by atoms with Gasteiger partial charge in [0.05, 0.1) is 5.41 Å². The van der Waals surface area contributed by atoms with E-state index < -0.39 is 0 Å². The lowest BCUT2D eigenvalue weighted by molar-refractivity contribution is -0.120. The Morgan fingerprint density at radius 2 is 1.85 bits per heavy atom. The SMILES string of the molecule is O=C(Cc1cc(F)ccc1Cl)C1(c2ccccc2)CC1. The van der Waals surface area contributed by atoms with E-state index in [0.717, 1.165) is 18.4 Å². The van der Waals surface area contributed by atoms with Crippen molar-refractivity contribution in [1.82, 2.24) is 0 Å². The Morgan fingerprint density at radius 3 is 2.50 bits per heavy atom. The van der Waals surface area contributed by atoms with Crippen LogP contribution in [0.3, 0.4) is 0 Å². The summed E-state index contributed by atoms with van der Waals surface area (Å²) in [7, 11) is 0. The first-order chi connectivity index (χ1) is 9.62. The first-order valence-electron chi connectivity index (χ1n) is 6.65. The molecule has 2 aromatic carbocycles. The first-order valence-corrected chi connectivity index (χ1v) is 7.02. The summed E-state index contributed by atoms with van der Waals surface area (Å²) in [6, 6.07) is 13.9. The molecule has 0 unspecified atom stereocenters. The average Bonchev–Trinajstić information content (AvgIpc) is 3.25. The fraction of sp³-hybridized carbons (Fsp3) is 0.235. The fourth-order valence-electron chi connectivity index (χ4n) is 2.63. The van der Waals surface area contributed by atoms with Crippen molar-refractivity contribution in [2.75, 3.05) is 0 Å². The highest BCUT2D eigenvalue weighted by Gasteiger charge is 2.50. The molecule has 0 amide bonds. The van der Waals surface area contributed by atoms with Crippen LogP contribution in [0.25, 0.3) is 0 Å². The van der Waals surface area contributed by atoms with Gasteiger partial charge in [-0.25, -0.2) is 4.39 Å². The van der Waals surface area contributed by atoms with Crippen LogP contribution in [0.15, 0.2) is 48.5 Å². The van der Waals surface area contributed by atoms with E-state index in [-0.39, 0.29) is 23.4 Å². The van der Waals surface area contributed by atoms with E-state index in [0.29, 0.717) is 10.6 Å². The molecule has 20 heavy (non-hydrogen) atoms. The molecule has 2 aromatic rings. The second kappa shape index (κ2) is 5.02. The third-order valence-corrected chi connectivity index (χ3v) is 4.34. The van der Waals surface area contributed by atoms with Crippen molar-refractivity contribution in [2.24, 2.45) is 0 Å². The van der Waals surface area contributed by atoms with Gasteiger partial charge in [0.1, 0.15) is 11.6 Å². The van der Waals surface area contributed by atoms with Gasteiger partial charge >= 0.3 is 0 Å². The maximum Gasteiger partial charge on any atom is 0.147 e. The van der Waals surface area contributed by atoms with Gasteiger partial charge in [-0.15, -0.1) is 0 Å². The van der Waals surface area contributed by atoms with Crippen molar-refractivity contribution in [3.63, 3.8) is 0 Å². The molecule has 3 heteroatoms. The molecule has 0 heterocycles. The molecule has 0 radical (unpaired) electrons. The Balaban J connectivity index is 1.85. The molecular formula is C17H14ClFO. The highest BCUT2D eigenvalue weighted by molar-refractivity contribution is 6.31. The summed E-state index contributed by atoms with van der Waals surface area (Å²) in [6.45, 7) is 0. The predicted octanol–water partition coefficient (Wildman–Crippen LogP) is 4.32. The zero-order valence-corrected chi connectivity index (χ0v) is 11.7. The van der Waals surface area contributed by atoms with Crippen molar-refractivity contribution in [3.05, 3.63) is 70.5 Å². The van der Waals surface area contributed by atoms with Gasteiger partial charge in [0.2, 0.25) is 0 Å². The van der Waals surface area contributed by atoms with Gasteiger partial charge in [0.25, 0.3) is 0 Å². The second-order valence-electron chi connectivity index (χ2n) is 5.28. The molecule has 0 atom stereocenters. The Hall–Kier alpha value is -1.67. The van der Waals surface area contributed by atoms with Crippen LogP contribution in [0.5, 0.6) is 0 Å². The average molecular weight is 289 g/mol. The second-order valence-corrected chi connectivity index (χ2v) is 5.69.